The normalized spacial score (nSPS) is 18.9. The van der Waals surface area contributed by atoms with Gasteiger partial charge < -0.3 is 4.74 Å². The number of morpholine rings is 1. The van der Waals surface area contributed by atoms with Crippen LogP contribution >= 0.6 is 0 Å². The van der Waals surface area contributed by atoms with Crippen molar-refractivity contribution < 1.29 is 4.74 Å². The van der Waals surface area contributed by atoms with Crippen molar-refractivity contribution in [1.82, 2.24) is 4.90 Å². The van der Waals surface area contributed by atoms with Crippen LogP contribution in [-0.4, -0.2) is 37.7 Å². The third-order valence-electron chi connectivity index (χ3n) is 8.12. The van der Waals surface area contributed by atoms with Gasteiger partial charge in [-0.3, -0.25) is 4.90 Å². The van der Waals surface area contributed by atoms with Gasteiger partial charge >= 0.3 is 0 Å². The second-order valence-electron chi connectivity index (χ2n) is 10.2. The third-order valence-corrected chi connectivity index (χ3v) is 8.12. The van der Waals surface area contributed by atoms with Gasteiger partial charge in [0.1, 0.15) is 0 Å². The lowest BCUT2D eigenvalue weighted by molar-refractivity contribution is 0.0390. The molecular formula is C33H31NO. The topological polar surface area (TPSA) is 12.5 Å². The van der Waals surface area contributed by atoms with Crippen LogP contribution < -0.4 is 0 Å². The molecule has 0 saturated carbocycles. The van der Waals surface area contributed by atoms with Gasteiger partial charge in [-0.2, -0.15) is 0 Å². The smallest absolute Gasteiger partial charge is 0.0594 e. The van der Waals surface area contributed by atoms with Gasteiger partial charge in [-0.05, 0) is 92.3 Å². The number of hydrogen-bond acceptors (Lipinski definition) is 2. The molecule has 0 unspecified atom stereocenters. The third kappa shape index (κ3) is 3.73. The number of aryl methyl sites for hydroxylation is 2. The highest BCUT2D eigenvalue weighted by Gasteiger charge is 2.21. The summed E-state index contributed by atoms with van der Waals surface area (Å²) in [6.45, 7) is 4.92. The first kappa shape index (κ1) is 21.1. The van der Waals surface area contributed by atoms with Gasteiger partial charge in [-0.25, -0.2) is 0 Å². The predicted octanol–water partition coefficient (Wildman–Crippen LogP) is 7.14. The van der Waals surface area contributed by atoms with E-state index < -0.39 is 0 Å². The number of benzene rings is 4. The van der Waals surface area contributed by atoms with Crippen molar-refractivity contribution in [1.29, 1.82) is 0 Å². The summed E-state index contributed by atoms with van der Waals surface area (Å²) in [6, 6.07) is 25.1. The standard InChI is InChI=1S/C33H31NO/c1-2-11-31-24(6-1)20-26-8-5-7-23-12-13-27(33(31)32(23)26)22-28-21-25(29-9-3-4-10-30(28)29)14-15-34-16-18-35-19-17-34/h1-4,6,9-13,20-22H,5,7-8,14-19H2/b28-22+. The van der Waals surface area contributed by atoms with Gasteiger partial charge in [0.15, 0.2) is 0 Å². The van der Waals surface area contributed by atoms with Crippen LogP contribution in [0.25, 0.3) is 38.8 Å². The van der Waals surface area contributed by atoms with Crippen LogP contribution in [0.2, 0.25) is 0 Å². The summed E-state index contributed by atoms with van der Waals surface area (Å²) in [6.07, 6.45) is 9.60. The van der Waals surface area contributed by atoms with Crippen LogP contribution in [-0.2, 0) is 17.6 Å². The largest absolute Gasteiger partial charge is 0.379 e. The second kappa shape index (κ2) is 8.78. The van der Waals surface area contributed by atoms with Gasteiger partial charge in [-0.15, -0.1) is 0 Å². The molecule has 174 valence electrons. The zero-order chi connectivity index (χ0) is 23.2. The van der Waals surface area contributed by atoms with Crippen molar-refractivity contribution in [2.24, 2.45) is 0 Å². The molecule has 1 heterocycles. The Morgan fingerprint density at radius 2 is 1.60 bits per heavy atom. The molecule has 1 aliphatic heterocycles. The molecule has 0 spiro atoms. The van der Waals surface area contributed by atoms with Crippen molar-refractivity contribution in [3.05, 3.63) is 101 Å². The first-order valence-corrected chi connectivity index (χ1v) is 13.1. The van der Waals surface area contributed by atoms with Gasteiger partial charge in [0.05, 0.1) is 13.2 Å². The summed E-state index contributed by atoms with van der Waals surface area (Å²) in [5.41, 5.74) is 9.97. The molecule has 4 aromatic rings. The zero-order valence-electron chi connectivity index (χ0n) is 20.2. The minimum absolute atomic E-state index is 0.861. The highest BCUT2D eigenvalue weighted by atomic mass is 16.5. The Kier molecular flexibility index (Phi) is 5.30. The Morgan fingerprint density at radius 3 is 2.51 bits per heavy atom. The van der Waals surface area contributed by atoms with Gasteiger partial charge in [0.25, 0.3) is 0 Å². The number of rotatable bonds is 4. The molecule has 7 rings (SSSR count). The predicted molar refractivity (Wildman–Crippen MR) is 148 cm³/mol. The monoisotopic (exact) mass is 457 g/mol. The van der Waals surface area contributed by atoms with Gasteiger partial charge in [0, 0.05) is 19.6 Å². The number of hydrogen-bond donors (Lipinski definition) is 0. The van der Waals surface area contributed by atoms with Crippen molar-refractivity contribution in [3.63, 3.8) is 0 Å². The molecule has 3 aliphatic rings. The maximum Gasteiger partial charge on any atom is 0.0594 e. The van der Waals surface area contributed by atoms with E-state index in [1.165, 1.54) is 79.8 Å². The Labute approximate surface area is 207 Å². The maximum atomic E-state index is 5.54. The lowest BCUT2D eigenvalue weighted by Gasteiger charge is -2.26. The van der Waals surface area contributed by atoms with E-state index in [1.807, 2.05) is 0 Å². The fraction of sp³-hybridized carbons (Fsp3) is 0.273. The van der Waals surface area contributed by atoms with E-state index in [2.05, 4.69) is 83.8 Å². The molecule has 0 radical (unpaired) electrons. The van der Waals surface area contributed by atoms with Crippen LogP contribution in [0.4, 0.5) is 0 Å². The first-order valence-electron chi connectivity index (χ1n) is 13.1. The molecule has 0 aromatic heterocycles. The highest BCUT2D eigenvalue weighted by molar-refractivity contribution is 6.15. The van der Waals surface area contributed by atoms with Gasteiger partial charge in [0.2, 0.25) is 0 Å². The molecule has 2 heteroatoms. The zero-order valence-corrected chi connectivity index (χ0v) is 20.2. The quantitative estimate of drug-likeness (QED) is 0.302. The molecule has 0 bridgehead atoms. The van der Waals surface area contributed by atoms with Gasteiger partial charge in [-0.1, -0.05) is 72.8 Å². The van der Waals surface area contributed by atoms with E-state index in [-0.39, 0.29) is 0 Å². The van der Waals surface area contributed by atoms with Crippen molar-refractivity contribution >= 4 is 38.8 Å². The molecule has 2 aliphatic carbocycles. The Hall–Kier alpha value is -3.20. The van der Waals surface area contributed by atoms with Crippen molar-refractivity contribution in [3.8, 4) is 0 Å². The SMILES string of the molecule is C1=C(CCN2CCOCC2)c2ccccc2/C1=C/c1ccc2c3c(cc4ccccc4c13)CCC2. The van der Waals surface area contributed by atoms with Crippen LogP contribution in [0.15, 0.2) is 72.8 Å². The molecule has 4 aromatic carbocycles. The Bertz CT molecular complexity index is 1500. The maximum absolute atomic E-state index is 5.54. The summed E-state index contributed by atoms with van der Waals surface area (Å²) in [4.78, 5) is 2.53. The number of fused-ring (bicyclic) bond motifs is 3. The molecule has 1 fully saturated rings. The second-order valence-corrected chi connectivity index (χ2v) is 10.2. The Morgan fingerprint density at radius 1 is 0.800 bits per heavy atom. The molecule has 2 nitrogen and oxygen atoms in total. The van der Waals surface area contributed by atoms with E-state index in [9.17, 15) is 0 Å². The molecule has 1 saturated heterocycles. The first-order chi connectivity index (χ1) is 17.3. The van der Waals surface area contributed by atoms with E-state index in [0.29, 0.717) is 0 Å². The number of allylic oxidation sites excluding steroid dienone is 2. The summed E-state index contributed by atoms with van der Waals surface area (Å²) in [5.74, 6) is 0. The van der Waals surface area contributed by atoms with Crippen LogP contribution in [0.3, 0.4) is 0 Å². The fourth-order valence-corrected chi connectivity index (χ4v) is 6.38. The van der Waals surface area contributed by atoms with Crippen LogP contribution in [0, 0.1) is 0 Å². The van der Waals surface area contributed by atoms with E-state index in [4.69, 9.17) is 4.74 Å². The summed E-state index contributed by atoms with van der Waals surface area (Å²) in [5, 5.41) is 5.69. The number of nitrogens with zero attached hydrogens (tertiary/aromatic N) is 1. The summed E-state index contributed by atoms with van der Waals surface area (Å²) < 4.78 is 5.54. The number of ether oxygens (including phenoxy) is 1. The fourth-order valence-electron chi connectivity index (χ4n) is 6.38. The molecule has 35 heavy (non-hydrogen) atoms. The average Bonchev–Trinajstić information content (AvgIpc) is 3.26. The molecule has 0 amide bonds. The van der Waals surface area contributed by atoms with Crippen LogP contribution in [0.5, 0.6) is 0 Å². The lowest BCUT2D eigenvalue weighted by Crippen LogP contribution is -2.36. The van der Waals surface area contributed by atoms with E-state index in [0.717, 1.165) is 39.3 Å². The minimum Gasteiger partial charge on any atom is -0.379 e. The average molecular weight is 458 g/mol. The summed E-state index contributed by atoms with van der Waals surface area (Å²) >= 11 is 0. The Balaban J connectivity index is 1.35. The molecule has 0 atom stereocenters. The van der Waals surface area contributed by atoms with E-state index in [1.54, 1.807) is 0 Å². The molecule has 0 N–H and O–H groups in total. The highest BCUT2D eigenvalue weighted by Crippen LogP contribution is 2.41. The van der Waals surface area contributed by atoms with Crippen molar-refractivity contribution in [2.75, 3.05) is 32.8 Å². The van der Waals surface area contributed by atoms with Crippen LogP contribution in [0.1, 0.15) is 40.7 Å². The minimum atomic E-state index is 0.861. The van der Waals surface area contributed by atoms with E-state index >= 15 is 0 Å². The molecular weight excluding hydrogens is 426 g/mol. The summed E-state index contributed by atoms with van der Waals surface area (Å²) in [7, 11) is 0. The van der Waals surface area contributed by atoms with Crippen molar-refractivity contribution in [2.45, 2.75) is 25.7 Å². The lowest BCUT2D eigenvalue weighted by atomic mass is 9.83.